The number of fused-ring (bicyclic) bond motifs is 1. The molecule has 2 aromatic carbocycles. The van der Waals surface area contributed by atoms with Crippen LogP contribution in [0.25, 0.3) is 10.2 Å². The first kappa shape index (κ1) is 21.1. The molecule has 1 saturated heterocycles. The maximum atomic E-state index is 12.9. The van der Waals surface area contributed by atoms with E-state index in [-0.39, 0.29) is 36.8 Å². The van der Waals surface area contributed by atoms with E-state index in [9.17, 15) is 19.2 Å². The third-order valence-corrected chi connectivity index (χ3v) is 6.29. The van der Waals surface area contributed by atoms with E-state index >= 15 is 0 Å². The van der Waals surface area contributed by atoms with Crippen molar-refractivity contribution in [2.75, 3.05) is 12.0 Å². The van der Waals surface area contributed by atoms with Crippen molar-refractivity contribution >= 4 is 66.9 Å². The maximum absolute atomic E-state index is 12.9. The summed E-state index contributed by atoms with van der Waals surface area (Å²) in [7, 11) is 1.29. The summed E-state index contributed by atoms with van der Waals surface area (Å²) in [4.78, 5) is 54.5. The molecule has 1 fully saturated rings. The number of imide groups is 1. The molecule has 3 amide bonds. The Morgan fingerprint density at radius 3 is 2.58 bits per heavy atom. The van der Waals surface area contributed by atoms with Crippen LogP contribution in [0.15, 0.2) is 51.9 Å². The molecular weight excluding hydrogens is 486 g/mol. The van der Waals surface area contributed by atoms with Crippen LogP contribution in [0.2, 0.25) is 0 Å². The lowest BCUT2D eigenvalue weighted by atomic mass is 10.2. The molecule has 8 nitrogen and oxygen atoms in total. The summed E-state index contributed by atoms with van der Waals surface area (Å²) >= 11 is 4.68. The summed E-state index contributed by atoms with van der Waals surface area (Å²) in [5.41, 5.74) is 1.32. The normalized spacial score (nSPS) is 14.5. The second kappa shape index (κ2) is 8.56. The zero-order valence-electron chi connectivity index (χ0n) is 16.3. The Balaban J connectivity index is 1.76. The van der Waals surface area contributed by atoms with Gasteiger partial charge in [-0.3, -0.25) is 24.1 Å². The first-order valence-electron chi connectivity index (χ1n) is 9.28. The van der Waals surface area contributed by atoms with E-state index in [2.05, 4.69) is 20.9 Å². The Morgan fingerprint density at radius 2 is 1.87 bits per heavy atom. The largest absolute Gasteiger partial charge is 0.468 e. The Hall–Kier alpha value is -3.11. The minimum atomic E-state index is -0.551. The van der Waals surface area contributed by atoms with Crippen molar-refractivity contribution in [2.24, 2.45) is 4.99 Å². The van der Waals surface area contributed by atoms with Crippen molar-refractivity contribution in [2.45, 2.75) is 19.4 Å². The van der Waals surface area contributed by atoms with Gasteiger partial charge in [-0.1, -0.05) is 33.3 Å². The van der Waals surface area contributed by atoms with Crippen LogP contribution in [0.3, 0.4) is 0 Å². The SMILES string of the molecule is COC(=O)Cn1c(=NC(=O)c2cccc(N3C(=O)CCC3=O)c2)sc2cc(Br)ccc21. The molecule has 2 heterocycles. The third kappa shape index (κ3) is 4.21. The van der Waals surface area contributed by atoms with Crippen LogP contribution in [-0.4, -0.2) is 35.4 Å². The number of halogens is 1. The van der Waals surface area contributed by atoms with Crippen LogP contribution >= 0.6 is 27.3 Å². The molecule has 0 saturated carbocycles. The summed E-state index contributed by atoms with van der Waals surface area (Å²) in [6.45, 7) is -0.0962. The van der Waals surface area contributed by atoms with Crippen molar-refractivity contribution in [3.8, 4) is 0 Å². The van der Waals surface area contributed by atoms with Crippen molar-refractivity contribution in [3.05, 3.63) is 57.3 Å². The highest BCUT2D eigenvalue weighted by Crippen LogP contribution is 2.24. The molecular formula is C21H16BrN3O5S. The number of nitrogens with zero attached hydrogens (tertiary/aromatic N) is 3. The molecule has 0 atom stereocenters. The highest BCUT2D eigenvalue weighted by atomic mass is 79.9. The fraction of sp³-hybridized carbons (Fsp3) is 0.190. The lowest BCUT2D eigenvalue weighted by Gasteiger charge is -2.14. The number of thiazole rings is 1. The van der Waals surface area contributed by atoms with Crippen LogP contribution in [0.1, 0.15) is 23.2 Å². The predicted octanol–water partition coefficient (Wildman–Crippen LogP) is 3.03. The fourth-order valence-corrected chi connectivity index (χ4v) is 4.85. The minimum absolute atomic E-state index is 0.0962. The molecule has 0 radical (unpaired) electrons. The number of rotatable bonds is 4. The Labute approximate surface area is 188 Å². The van der Waals surface area contributed by atoms with Crippen LogP contribution in [-0.2, 0) is 25.7 Å². The molecule has 1 aliphatic rings. The monoisotopic (exact) mass is 501 g/mol. The molecule has 0 unspecified atom stereocenters. The van der Waals surface area contributed by atoms with E-state index in [0.717, 1.165) is 19.6 Å². The zero-order chi connectivity index (χ0) is 22.1. The molecule has 1 aliphatic heterocycles. The highest BCUT2D eigenvalue weighted by molar-refractivity contribution is 9.10. The fourth-order valence-electron chi connectivity index (χ4n) is 3.27. The second-order valence-corrected chi connectivity index (χ2v) is 8.67. The van der Waals surface area contributed by atoms with E-state index in [1.165, 1.54) is 24.5 Å². The summed E-state index contributed by atoms with van der Waals surface area (Å²) in [6.07, 6.45) is 0.318. The molecule has 0 aliphatic carbocycles. The third-order valence-electron chi connectivity index (χ3n) is 4.76. The van der Waals surface area contributed by atoms with Gasteiger partial charge in [0.1, 0.15) is 6.54 Å². The molecule has 0 bridgehead atoms. The van der Waals surface area contributed by atoms with Gasteiger partial charge >= 0.3 is 5.97 Å². The molecule has 31 heavy (non-hydrogen) atoms. The van der Waals surface area contributed by atoms with Gasteiger partial charge in [0.2, 0.25) is 11.8 Å². The van der Waals surface area contributed by atoms with Gasteiger partial charge in [-0.05, 0) is 36.4 Å². The number of aromatic nitrogens is 1. The highest BCUT2D eigenvalue weighted by Gasteiger charge is 2.30. The number of anilines is 1. The van der Waals surface area contributed by atoms with Crippen LogP contribution < -0.4 is 9.70 Å². The van der Waals surface area contributed by atoms with E-state index in [1.807, 2.05) is 18.2 Å². The molecule has 1 aromatic heterocycles. The predicted molar refractivity (Wildman–Crippen MR) is 118 cm³/mol. The van der Waals surface area contributed by atoms with Crippen molar-refractivity contribution in [1.29, 1.82) is 0 Å². The number of hydrogen-bond donors (Lipinski definition) is 0. The molecule has 10 heteroatoms. The summed E-state index contributed by atoms with van der Waals surface area (Å²) in [5.74, 6) is -1.61. The standard InChI is InChI=1S/C21H16BrN3O5S/c1-30-19(28)11-24-15-6-5-13(22)10-16(15)31-21(24)23-20(29)12-3-2-4-14(9-12)25-17(26)7-8-18(25)27/h2-6,9-10H,7-8,11H2,1H3. The Bertz CT molecular complexity index is 1290. The topological polar surface area (TPSA) is 98.0 Å². The van der Waals surface area contributed by atoms with Gasteiger partial charge in [0.05, 0.1) is 23.0 Å². The quantitative estimate of drug-likeness (QED) is 0.404. The molecule has 3 aromatic rings. The van der Waals surface area contributed by atoms with Crippen LogP contribution in [0.5, 0.6) is 0 Å². The number of hydrogen-bond acceptors (Lipinski definition) is 6. The smallest absolute Gasteiger partial charge is 0.325 e. The van der Waals surface area contributed by atoms with E-state index < -0.39 is 11.9 Å². The molecule has 158 valence electrons. The maximum Gasteiger partial charge on any atom is 0.325 e. The molecule has 0 N–H and O–H groups in total. The van der Waals surface area contributed by atoms with Gasteiger partial charge < -0.3 is 9.30 Å². The summed E-state index contributed by atoms with van der Waals surface area (Å²) < 4.78 is 8.09. The summed E-state index contributed by atoms with van der Waals surface area (Å²) in [5, 5.41) is 0. The van der Waals surface area contributed by atoms with Gasteiger partial charge in [0.15, 0.2) is 4.80 Å². The van der Waals surface area contributed by atoms with Gasteiger partial charge in [-0.2, -0.15) is 4.99 Å². The van der Waals surface area contributed by atoms with Gasteiger partial charge in [-0.15, -0.1) is 0 Å². The average Bonchev–Trinajstić information content (AvgIpc) is 3.26. The molecule has 4 rings (SSSR count). The lowest BCUT2D eigenvalue weighted by molar-refractivity contribution is -0.141. The number of carbonyl (C=O) groups is 4. The zero-order valence-corrected chi connectivity index (χ0v) is 18.7. The van der Waals surface area contributed by atoms with Crippen LogP contribution in [0, 0.1) is 0 Å². The number of carbonyl (C=O) groups excluding carboxylic acids is 4. The van der Waals surface area contributed by atoms with Gasteiger partial charge in [-0.25, -0.2) is 0 Å². The number of benzene rings is 2. The van der Waals surface area contributed by atoms with E-state index in [0.29, 0.717) is 10.5 Å². The number of ether oxygens (including phenoxy) is 1. The number of amides is 3. The second-order valence-electron chi connectivity index (χ2n) is 6.75. The lowest BCUT2D eigenvalue weighted by Crippen LogP contribution is -2.28. The van der Waals surface area contributed by atoms with Crippen LogP contribution in [0.4, 0.5) is 5.69 Å². The summed E-state index contributed by atoms with van der Waals surface area (Å²) in [6, 6.07) is 11.8. The van der Waals surface area contributed by atoms with Crippen molar-refractivity contribution in [1.82, 2.24) is 4.57 Å². The number of methoxy groups -OCH3 is 1. The first-order valence-corrected chi connectivity index (χ1v) is 10.9. The first-order chi connectivity index (χ1) is 14.9. The number of esters is 1. The van der Waals surface area contributed by atoms with Gasteiger partial charge in [0.25, 0.3) is 5.91 Å². The van der Waals surface area contributed by atoms with Gasteiger partial charge in [0, 0.05) is 22.9 Å². The van der Waals surface area contributed by atoms with Crippen molar-refractivity contribution < 1.29 is 23.9 Å². The van der Waals surface area contributed by atoms with E-state index in [1.54, 1.807) is 22.8 Å². The Kier molecular flexibility index (Phi) is 5.84. The van der Waals surface area contributed by atoms with E-state index in [4.69, 9.17) is 4.74 Å². The average molecular weight is 502 g/mol. The minimum Gasteiger partial charge on any atom is -0.468 e. The van der Waals surface area contributed by atoms with Crippen molar-refractivity contribution in [3.63, 3.8) is 0 Å². The molecule has 0 spiro atoms. The Morgan fingerprint density at radius 1 is 1.13 bits per heavy atom.